The van der Waals surface area contributed by atoms with Crippen LogP contribution in [0.1, 0.15) is 16.7 Å². The highest BCUT2D eigenvalue weighted by atomic mass is 32.2. The molecule has 2 aromatic rings. The van der Waals surface area contributed by atoms with E-state index in [1.807, 2.05) is 0 Å². The van der Waals surface area contributed by atoms with E-state index in [-0.39, 0.29) is 36.3 Å². The molecule has 3 rings (SSSR count). The van der Waals surface area contributed by atoms with Crippen LogP contribution in [0.5, 0.6) is 0 Å². The number of thiocarbonyl (C=S) groups is 1. The van der Waals surface area contributed by atoms with Crippen molar-refractivity contribution in [2.75, 3.05) is 38.7 Å². The van der Waals surface area contributed by atoms with E-state index in [1.54, 1.807) is 13.1 Å². The van der Waals surface area contributed by atoms with Gasteiger partial charge in [0.25, 0.3) is 0 Å². The van der Waals surface area contributed by atoms with Crippen molar-refractivity contribution < 1.29 is 35.9 Å². The molecular weight excluding hydrogens is 528 g/mol. The summed E-state index contributed by atoms with van der Waals surface area (Å²) in [4.78, 5) is 13.3. The van der Waals surface area contributed by atoms with Crippen molar-refractivity contribution >= 4 is 46.8 Å². The van der Waals surface area contributed by atoms with Crippen LogP contribution in [0.3, 0.4) is 0 Å². The van der Waals surface area contributed by atoms with Crippen LogP contribution in [0.15, 0.2) is 52.3 Å². The highest BCUT2D eigenvalue weighted by molar-refractivity contribution is 7.99. The van der Waals surface area contributed by atoms with Gasteiger partial charge in [0, 0.05) is 41.7 Å². The van der Waals surface area contributed by atoms with Crippen molar-refractivity contribution in [3.8, 4) is 0 Å². The highest BCUT2D eigenvalue weighted by Crippen LogP contribution is 2.48. The zero-order chi connectivity index (χ0) is 26.5. The summed E-state index contributed by atoms with van der Waals surface area (Å²) in [5.41, 5.74) is -3.97. The number of anilines is 1. The molecule has 13 heteroatoms. The summed E-state index contributed by atoms with van der Waals surface area (Å²) in [7, 11) is 1.58. The first-order valence-corrected chi connectivity index (χ1v) is 11.8. The number of morpholine rings is 1. The van der Waals surface area contributed by atoms with Gasteiger partial charge in [-0.2, -0.15) is 26.3 Å². The van der Waals surface area contributed by atoms with E-state index in [0.717, 1.165) is 24.3 Å². The largest absolute Gasteiger partial charge is 0.418 e. The van der Waals surface area contributed by atoms with Gasteiger partial charge in [-0.25, -0.2) is 0 Å². The van der Waals surface area contributed by atoms with Crippen LogP contribution in [-0.2, 0) is 21.9 Å². The smallest absolute Gasteiger partial charge is 0.378 e. The standard InChI is InChI=1S/C23H21F6N3O2S2/c1-30-21(35)31-15-3-2-4-16(13-15)36-17-7-5-14(6-8-18(33)32-9-11-34-12-10-32)19(22(24,25)26)20(17)23(27,28)29/h2-8,13H,9-12H2,1H3,(H2,30,31,35). The predicted octanol–water partition coefficient (Wildman–Crippen LogP) is 5.66. The molecule has 0 atom stereocenters. The Labute approximate surface area is 212 Å². The van der Waals surface area contributed by atoms with Crippen molar-refractivity contribution in [3.63, 3.8) is 0 Å². The Bertz CT molecular complexity index is 1150. The molecule has 0 spiro atoms. The number of hydrogen-bond donors (Lipinski definition) is 2. The van der Waals surface area contributed by atoms with Crippen LogP contribution in [0.4, 0.5) is 32.0 Å². The molecule has 1 amide bonds. The molecule has 2 N–H and O–H groups in total. The molecule has 0 bridgehead atoms. The zero-order valence-electron chi connectivity index (χ0n) is 18.8. The summed E-state index contributed by atoms with van der Waals surface area (Å²) < 4.78 is 89.2. The molecule has 194 valence electrons. The Hall–Kier alpha value is -2.77. The maximum absolute atomic E-state index is 14.0. The topological polar surface area (TPSA) is 53.6 Å². The first-order chi connectivity index (χ1) is 16.9. The summed E-state index contributed by atoms with van der Waals surface area (Å²) in [5, 5.41) is 5.76. The lowest BCUT2D eigenvalue weighted by Crippen LogP contribution is -2.39. The number of carbonyl (C=O) groups is 1. The number of halogens is 6. The number of alkyl halides is 6. The molecule has 0 aliphatic carbocycles. The number of hydrogen-bond acceptors (Lipinski definition) is 4. The van der Waals surface area contributed by atoms with E-state index in [4.69, 9.17) is 17.0 Å². The fraction of sp³-hybridized carbons (Fsp3) is 0.304. The van der Waals surface area contributed by atoms with Gasteiger partial charge in [0.15, 0.2) is 5.11 Å². The highest BCUT2D eigenvalue weighted by Gasteiger charge is 2.46. The van der Waals surface area contributed by atoms with Gasteiger partial charge in [-0.1, -0.05) is 23.9 Å². The molecule has 36 heavy (non-hydrogen) atoms. The third-order valence-electron chi connectivity index (χ3n) is 5.04. The Balaban J connectivity index is 2.02. The van der Waals surface area contributed by atoms with Crippen molar-refractivity contribution in [2.45, 2.75) is 22.1 Å². The molecule has 1 fully saturated rings. The minimum atomic E-state index is -5.33. The average molecular weight is 550 g/mol. The molecule has 0 aromatic heterocycles. The average Bonchev–Trinajstić information content (AvgIpc) is 2.82. The molecule has 0 unspecified atom stereocenters. The van der Waals surface area contributed by atoms with E-state index in [9.17, 15) is 31.1 Å². The van der Waals surface area contributed by atoms with Crippen LogP contribution >= 0.6 is 24.0 Å². The quantitative estimate of drug-likeness (QED) is 0.285. The molecule has 2 aromatic carbocycles. The van der Waals surface area contributed by atoms with Gasteiger partial charge in [-0.3, -0.25) is 4.79 Å². The maximum Gasteiger partial charge on any atom is 0.418 e. The first kappa shape index (κ1) is 27.8. The number of amides is 1. The fourth-order valence-electron chi connectivity index (χ4n) is 3.42. The molecule has 0 saturated carbocycles. The Morgan fingerprint density at radius 2 is 1.72 bits per heavy atom. The summed E-state index contributed by atoms with van der Waals surface area (Å²) in [5.74, 6) is -0.609. The summed E-state index contributed by atoms with van der Waals surface area (Å²) in [6.07, 6.45) is -9.02. The second-order valence-electron chi connectivity index (χ2n) is 7.50. The van der Waals surface area contributed by atoms with Gasteiger partial charge in [0.2, 0.25) is 5.91 Å². The van der Waals surface area contributed by atoms with Gasteiger partial charge in [0.1, 0.15) is 0 Å². The number of carbonyl (C=O) groups excluding carboxylic acids is 1. The summed E-state index contributed by atoms with van der Waals surface area (Å²) in [6, 6.07) is 7.99. The lowest BCUT2D eigenvalue weighted by Gasteiger charge is -2.25. The first-order valence-electron chi connectivity index (χ1n) is 10.5. The molecule has 1 aliphatic heterocycles. The minimum absolute atomic E-state index is 0.242. The number of ether oxygens (including phenoxy) is 1. The maximum atomic E-state index is 14.0. The third-order valence-corrected chi connectivity index (χ3v) is 6.40. The normalized spacial score (nSPS) is 14.7. The molecule has 1 aliphatic rings. The molecule has 1 heterocycles. The van der Waals surface area contributed by atoms with Crippen LogP contribution in [0, 0.1) is 0 Å². The van der Waals surface area contributed by atoms with Gasteiger partial charge >= 0.3 is 12.4 Å². The summed E-state index contributed by atoms with van der Waals surface area (Å²) >= 11 is 5.53. The minimum Gasteiger partial charge on any atom is -0.378 e. The second-order valence-corrected chi connectivity index (χ2v) is 9.03. The molecule has 1 saturated heterocycles. The monoisotopic (exact) mass is 549 g/mol. The van der Waals surface area contributed by atoms with Gasteiger partial charge in [-0.05, 0) is 48.1 Å². The molecular formula is C23H21F6N3O2S2. The van der Waals surface area contributed by atoms with Crippen molar-refractivity contribution in [1.82, 2.24) is 10.2 Å². The number of rotatable bonds is 5. The lowest BCUT2D eigenvalue weighted by atomic mass is 9.99. The van der Waals surface area contributed by atoms with Gasteiger partial charge < -0.3 is 20.3 Å². The number of nitrogens with zero attached hydrogens (tertiary/aromatic N) is 1. The zero-order valence-corrected chi connectivity index (χ0v) is 20.4. The van der Waals surface area contributed by atoms with Crippen LogP contribution < -0.4 is 10.6 Å². The van der Waals surface area contributed by atoms with E-state index in [1.165, 1.54) is 23.1 Å². The lowest BCUT2D eigenvalue weighted by molar-refractivity contribution is -0.163. The second kappa shape index (κ2) is 11.5. The van der Waals surface area contributed by atoms with Crippen molar-refractivity contribution in [1.29, 1.82) is 0 Å². The van der Waals surface area contributed by atoms with E-state index < -0.39 is 39.8 Å². The fourth-order valence-corrected chi connectivity index (χ4v) is 4.58. The Morgan fingerprint density at radius 1 is 1.06 bits per heavy atom. The Kier molecular flexibility index (Phi) is 8.90. The molecule has 5 nitrogen and oxygen atoms in total. The van der Waals surface area contributed by atoms with Gasteiger partial charge in [-0.15, -0.1) is 0 Å². The molecule has 0 radical (unpaired) electrons. The summed E-state index contributed by atoms with van der Waals surface area (Å²) in [6.45, 7) is 1.03. The van der Waals surface area contributed by atoms with Crippen LogP contribution in [0.25, 0.3) is 6.08 Å². The number of nitrogens with one attached hydrogen (secondary N) is 2. The van der Waals surface area contributed by atoms with Crippen molar-refractivity contribution in [2.24, 2.45) is 0 Å². The van der Waals surface area contributed by atoms with Gasteiger partial charge in [0.05, 0.1) is 24.3 Å². The van der Waals surface area contributed by atoms with E-state index in [0.29, 0.717) is 17.4 Å². The van der Waals surface area contributed by atoms with E-state index in [2.05, 4.69) is 10.6 Å². The SMILES string of the molecule is CNC(=S)Nc1cccc(Sc2ccc(C=CC(=O)N3CCOCC3)c(C(F)(F)F)c2C(F)(F)F)c1. The van der Waals surface area contributed by atoms with Crippen LogP contribution in [-0.4, -0.2) is 49.3 Å². The van der Waals surface area contributed by atoms with E-state index >= 15 is 0 Å². The van der Waals surface area contributed by atoms with Crippen molar-refractivity contribution in [3.05, 3.63) is 59.2 Å². The van der Waals surface area contributed by atoms with Crippen LogP contribution in [0.2, 0.25) is 0 Å². The number of benzene rings is 2. The third kappa shape index (κ3) is 7.14. The Morgan fingerprint density at radius 3 is 2.33 bits per heavy atom. The predicted molar refractivity (Wildman–Crippen MR) is 129 cm³/mol.